The summed E-state index contributed by atoms with van der Waals surface area (Å²) >= 11 is 1.41. The Kier molecular flexibility index (Phi) is 3.77. The van der Waals surface area contributed by atoms with Crippen LogP contribution in [0.5, 0.6) is 0 Å². The summed E-state index contributed by atoms with van der Waals surface area (Å²) in [5.41, 5.74) is 6.92. The second-order valence-electron chi connectivity index (χ2n) is 3.63. The Bertz CT molecular complexity index is 425. The monoisotopic (exact) mass is 233 g/mol. The van der Waals surface area contributed by atoms with Crippen molar-refractivity contribution in [3.05, 3.63) is 42.0 Å². The van der Waals surface area contributed by atoms with Crippen LogP contribution in [0, 0.1) is 0 Å². The number of nitrogen functional groups attached to an aromatic ring is 1. The molecule has 2 aromatic rings. The number of aromatic nitrogens is 1. The van der Waals surface area contributed by atoms with Gasteiger partial charge < -0.3 is 11.1 Å². The van der Waals surface area contributed by atoms with Gasteiger partial charge in [0.15, 0.2) is 0 Å². The van der Waals surface area contributed by atoms with Crippen LogP contribution in [0.15, 0.2) is 36.4 Å². The van der Waals surface area contributed by atoms with Gasteiger partial charge in [0.2, 0.25) is 0 Å². The molecule has 2 rings (SSSR count). The van der Waals surface area contributed by atoms with E-state index in [4.69, 9.17) is 5.73 Å². The number of rotatable bonds is 5. The van der Waals surface area contributed by atoms with Crippen LogP contribution in [0.2, 0.25) is 0 Å². The molecule has 0 bridgehead atoms. The Morgan fingerprint density at radius 1 is 1.25 bits per heavy atom. The SMILES string of the molecule is Nc1cc(NCCCc2ccccc2)sn1. The van der Waals surface area contributed by atoms with Gasteiger partial charge in [-0.25, -0.2) is 0 Å². The van der Waals surface area contributed by atoms with Crippen molar-refractivity contribution in [1.29, 1.82) is 0 Å². The van der Waals surface area contributed by atoms with E-state index < -0.39 is 0 Å². The molecule has 0 atom stereocenters. The van der Waals surface area contributed by atoms with E-state index in [1.54, 1.807) is 0 Å². The second kappa shape index (κ2) is 5.51. The van der Waals surface area contributed by atoms with Crippen LogP contribution in [0.25, 0.3) is 0 Å². The molecule has 0 aliphatic rings. The topological polar surface area (TPSA) is 50.9 Å². The molecule has 0 aliphatic carbocycles. The summed E-state index contributed by atoms with van der Waals surface area (Å²) in [5.74, 6) is 0.593. The third-order valence-corrected chi connectivity index (χ3v) is 3.07. The molecule has 1 aromatic heterocycles. The lowest BCUT2D eigenvalue weighted by Gasteiger charge is -2.02. The Hall–Kier alpha value is -1.55. The van der Waals surface area contributed by atoms with Gasteiger partial charge in [0.25, 0.3) is 0 Å². The molecular weight excluding hydrogens is 218 g/mol. The number of nitrogens with two attached hydrogens (primary N) is 1. The van der Waals surface area contributed by atoms with Crippen molar-refractivity contribution in [3.63, 3.8) is 0 Å². The van der Waals surface area contributed by atoms with Gasteiger partial charge >= 0.3 is 0 Å². The predicted molar refractivity (Wildman–Crippen MR) is 69.8 cm³/mol. The largest absolute Gasteiger partial charge is 0.383 e. The van der Waals surface area contributed by atoms with Crippen molar-refractivity contribution in [2.45, 2.75) is 12.8 Å². The van der Waals surface area contributed by atoms with Crippen molar-refractivity contribution >= 4 is 22.4 Å². The van der Waals surface area contributed by atoms with E-state index in [1.165, 1.54) is 17.1 Å². The fraction of sp³-hybridized carbons (Fsp3) is 0.250. The van der Waals surface area contributed by atoms with E-state index in [0.29, 0.717) is 5.82 Å². The fourth-order valence-electron chi connectivity index (χ4n) is 1.52. The van der Waals surface area contributed by atoms with Crippen molar-refractivity contribution in [2.75, 3.05) is 17.6 Å². The van der Waals surface area contributed by atoms with E-state index in [2.05, 4.69) is 34.0 Å². The zero-order chi connectivity index (χ0) is 11.2. The molecule has 0 spiro atoms. The lowest BCUT2D eigenvalue weighted by Crippen LogP contribution is -2.01. The molecule has 3 N–H and O–H groups in total. The molecule has 1 heterocycles. The zero-order valence-corrected chi connectivity index (χ0v) is 9.83. The molecule has 1 aromatic carbocycles. The van der Waals surface area contributed by atoms with Crippen molar-refractivity contribution in [3.8, 4) is 0 Å². The van der Waals surface area contributed by atoms with Gasteiger partial charge in [-0.05, 0) is 29.9 Å². The highest BCUT2D eigenvalue weighted by Gasteiger charge is 1.97. The van der Waals surface area contributed by atoms with Gasteiger partial charge in [-0.3, -0.25) is 0 Å². The number of anilines is 2. The van der Waals surface area contributed by atoms with Crippen LogP contribution in [-0.2, 0) is 6.42 Å². The number of hydrogen-bond donors (Lipinski definition) is 2. The molecule has 0 aliphatic heterocycles. The summed E-state index contributed by atoms with van der Waals surface area (Å²) in [7, 11) is 0. The molecule has 3 nitrogen and oxygen atoms in total. The first-order valence-corrected chi connectivity index (χ1v) is 6.12. The maximum atomic E-state index is 5.53. The summed E-state index contributed by atoms with van der Waals surface area (Å²) < 4.78 is 4.01. The maximum absolute atomic E-state index is 5.53. The first-order valence-electron chi connectivity index (χ1n) is 5.34. The molecule has 0 radical (unpaired) electrons. The Labute approximate surface area is 99.5 Å². The Balaban J connectivity index is 1.69. The van der Waals surface area contributed by atoms with E-state index >= 15 is 0 Å². The number of nitrogens with zero attached hydrogens (tertiary/aromatic N) is 1. The van der Waals surface area contributed by atoms with E-state index in [1.807, 2.05) is 12.1 Å². The molecule has 4 heteroatoms. The summed E-state index contributed by atoms with van der Waals surface area (Å²) in [5, 5.41) is 4.36. The normalized spacial score (nSPS) is 10.2. The average Bonchev–Trinajstić information content (AvgIpc) is 2.72. The number of hydrogen-bond acceptors (Lipinski definition) is 4. The molecule has 0 unspecified atom stereocenters. The smallest absolute Gasteiger partial charge is 0.139 e. The molecule has 0 saturated carbocycles. The predicted octanol–water partition coefficient (Wildman–Crippen LogP) is 2.77. The number of nitrogens with one attached hydrogen (secondary N) is 1. The molecule has 0 saturated heterocycles. The molecule has 16 heavy (non-hydrogen) atoms. The third-order valence-electron chi connectivity index (χ3n) is 2.31. The summed E-state index contributed by atoms with van der Waals surface area (Å²) in [6.07, 6.45) is 2.21. The fourth-order valence-corrected chi connectivity index (χ4v) is 2.12. The first kappa shape index (κ1) is 11.0. The van der Waals surface area contributed by atoms with Crippen LogP contribution in [0.1, 0.15) is 12.0 Å². The molecule has 0 amide bonds. The first-order chi connectivity index (χ1) is 7.84. The summed E-state index contributed by atoms with van der Waals surface area (Å²) in [6, 6.07) is 12.4. The highest BCUT2D eigenvalue weighted by molar-refractivity contribution is 7.10. The van der Waals surface area contributed by atoms with E-state index in [-0.39, 0.29) is 0 Å². The quantitative estimate of drug-likeness (QED) is 0.781. The van der Waals surface area contributed by atoms with Crippen LogP contribution >= 0.6 is 11.5 Å². The average molecular weight is 233 g/mol. The zero-order valence-electron chi connectivity index (χ0n) is 9.02. The van der Waals surface area contributed by atoms with Crippen molar-refractivity contribution in [2.24, 2.45) is 0 Å². The maximum Gasteiger partial charge on any atom is 0.139 e. The minimum Gasteiger partial charge on any atom is -0.383 e. The molecule has 0 fully saturated rings. The minimum atomic E-state index is 0.593. The highest BCUT2D eigenvalue weighted by Crippen LogP contribution is 2.17. The van der Waals surface area contributed by atoms with Gasteiger partial charge in [0.1, 0.15) is 10.8 Å². The van der Waals surface area contributed by atoms with Gasteiger partial charge in [-0.15, -0.1) is 0 Å². The van der Waals surface area contributed by atoms with Gasteiger partial charge in [-0.2, -0.15) is 4.37 Å². The minimum absolute atomic E-state index is 0.593. The Morgan fingerprint density at radius 3 is 2.75 bits per heavy atom. The summed E-state index contributed by atoms with van der Waals surface area (Å²) in [6.45, 7) is 0.955. The van der Waals surface area contributed by atoms with Gasteiger partial charge in [-0.1, -0.05) is 30.3 Å². The standard InChI is InChI=1S/C12H15N3S/c13-11-9-12(16-15-11)14-8-4-7-10-5-2-1-3-6-10/h1-3,5-6,9,14H,4,7-8H2,(H2,13,15). The number of benzene rings is 1. The lowest BCUT2D eigenvalue weighted by atomic mass is 10.1. The molecule has 84 valence electrons. The van der Waals surface area contributed by atoms with Crippen LogP contribution in [0.3, 0.4) is 0 Å². The molecular formula is C12H15N3S. The van der Waals surface area contributed by atoms with Gasteiger partial charge in [0, 0.05) is 12.6 Å². The van der Waals surface area contributed by atoms with E-state index in [0.717, 1.165) is 24.4 Å². The second-order valence-corrected chi connectivity index (χ2v) is 4.44. The number of aryl methyl sites for hydroxylation is 1. The summed E-state index contributed by atoms with van der Waals surface area (Å²) in [4.78, 5) is 0. The third kappa shape index (κ3) is 3.24. The van der Waals surface area contributed by atoms with Gasteiger partial charge in [0.05, 0.1) is 0 Å². The Morgan fingerprint density at radius 2 is 2.06 bits per heavy atom. The lowest BCUT2D eigenvalue weighted by molar-refractivity contribution is 0.865. The van der Waals surface area contributed by atoms with Crippen molar-refractivity contribution in [1.82, 2.24) is 4.37 Å². The van der Waals surface area contributed by atoms with Crippen molar-refractivity contribution < 1.29 is 0 Å². The van der Waals surface area contributed by atoms with E-state index in [9.17, 15) is 0 Å². The van der Waals surface area contributed by atoms with Crippen LogP contribution < -0.4 is 11.1 Å². The van der Waals surface area contributed by atoms with Crippen LogP contribution in [0.4, 0.5) is 10.8 Å². The van der Waals surface area contributed by atoms with Crippen LogP contribution in [-0.4, -0.2) is 10.9 Å². The highest BCUT2D eigenvalue weighted by atomic mass is 32.1.